The standard InChI is InChI=1S/C15H23ClN4O/c1-10(2)9-19-3-5-20(6-4-19)14-12(15(18)21)7-11(17)8-13(14)16/h7-8,10H,3-6,9,17H2,1-2H3,(H2,18,21). The Balaban J connectivity index is 2.18. The van der Waals surface area contributed by atoms with Gasteiger partial charge in [0.15, 0.2) is 0 Å². The van der Waals surface area contributed by atoms with Crippen molar-refractivity contribution in [3.05, 3.63) is 22.7 Å². The molecule has 21 heavy (non-hydrogen) atoms. The lowest BCUT2D eigenvalue weighted by Gasteiger charge is -2.37. The Hall–Kier alpha value is -1.46. The molecule has 0 radical (unpaired) electrons. The molecule has 116 valence electrons. The molecule has 2 rings (SSSR count). The minimum Gasteiger partial charge on any atom is -0.399 e. The fourth-order valence-corrected chi connectivity index (χ4v) is 3.15. The van der Waals surface area contributed by atoms with Crippen molar-refractivity contribution in [2.24, 2.45) is 11.7 Å². The predicted octanol–water partition coefficient (Wildman–Crippen LogP) is 1.80. The minimum absolute atomic E-state index is 0.400. The summed E-state index contributed by atoms with van der Waals surface area (Å²) in [6.45, 7) is 9.09. The zero-order valence-electron chi connectivity index (χ0n) is 12.6. The molecule has 6 heteroatoms. The van der Waals surface area contributed by atoms with Crippen LogP contribution in [0.1, 0.15) is 24.2 Å². The second-order valence-electron chi connectivity index (χ2n) is 5.94. The molecule has 4 N–H and O–H groups in total. The lowest BCUT2D eigenvalue weighted by atomic mass is 10.1. The Labute approximate surface area is 130 Å². The van der Waals surface area contributed by atoms with E-state index in [1.165, 1.54) is 0 Å². The number of amides is 1. The molecule has 5 nitrogen and oxygen atoms in total. The molecular weight excluding hydrogens is 288 g/mol. The van der Waals surface area contributed by atoms with E-state index in [0.717, 1.165) is 32.7 Å². The average Bonchev–Trinajstić information content (AvgIpc) is 2.38. The number of carbonyl (C=O) groups is 1. The van der Waals surface area contributed by atoms with Crippen LogP contribution in [0.25, 0.3) is 0 Å². The van der Waals surface area contributed by atoms with Crippen molar-refractivity contribution in [1.29, 1.82) is 0 Å². The molecule has 1 amide bonds. The molecule has 0 atom stereocenters. The number of halogens is 1. The van der Waals surface area contributed by atoms with Crippen LogP contribution in [-0.4, -0.2) is 43.5 Å². The summed E-state index contributed by atoms with van der Waals surface area (Å²) in [6, 6.07) is 3.27. The number of benzene rings is 1. The van der Waals surface area contributed by atoms with Crippen molar-refractivity contribution in [3.63, 3.8) is 0 Å². The van der Waals surface area contributed by atoms with E-state index < -0.39 is 5.91 Å². The maximum atomic E-state index is 11.6. The zero-order valence-corrected chi connectivity index (χ0v) is 13.4. The summed E-state index contributed by atoms with van der Waals surface area (Å²) < 4.78 is 0. The number of primary amides is 1. The summed E-state index contributed by atoms with van der Waals surface area (Å²) in [4.78, 5) is 16.2. The molecule has 0 aromatic heterocycles. The van der Waals surface area contributed by atoms with Gasteiger partial charge >= 0.3 is 0 Å². The number of rotatable bonds is 4. The van der Waals surface area contributed by atoms with E-state index in [9.17, 15) is 4.79 Å². The highest BCUT2D eigenvalue weighted by atomic mass is 35.5. The smallest absolute Gasteiger partial charge is 0.250 e. The molecule has 0 aliphatic carbocycles. The number of nitrogens with two attached hydrogens (primary N) is 2. The van der Waals surface area contributed by atoms with E-state index in [0.29, 0.717) is 27.9 Å². The van der Waals surface area contributed by atoms with Gasteiger partial charge < -0.3 is 16.4 Å². The van der Waals surface area contributed by atoms with Crippen molar-refractivity contribution in [2.75, 3.05) is 43.4 Å². The highest BCUT2D eigenvalue weighted by molar-refractivity contribution is 6.34. The first-order chi connectivity index (χ1) is 9.88. The Morgan fingerprint density at radius 3 is 2.43 bits per heavy atom. The highest BCUT2D eigenvalue weighted by Crippen LogP contribution is 2.33. The normalized spacial score (nSPS) is 16.5. The van der Waals surface area contributed by atoms with Gasteiger partial charge in [0, 0.05) is 38.4 Å². The van der Waals surface area contributed by atoms with Gasteiger partial charge in [-0.25, -0.2) is 0 Å². The number of hydrogen-bond donors (Lipinski definition) is 2. The minimum atomic E-state index is -0.496. The molecule has 0 bridgehead atoms. The highest BCUT2D eigenvalue weighted by Gasteiger charge is 2.23. The summed E-state index contributed by atoms with van der Waals surface area (Å²) in [5.74, 6) is 0.154. The number of nitrogen functional groups attached to an aromatic ring is 1. The van der Waals surface area contributed by atoms with Gasteiger partial charge in [-0.2, -0.15) is 0 Å². The van der Waals surface area contributed by atoms with Crippen molar-refractivity contribution in [1.82, 2.24) is 4.90 Å². The molecule has 1 aliphatic heterocycles. The van der Waals surface area contributed by atoms with Crippen LogP contribution >= 0.6 is 11.6 Å². The van der Waals surface area contributed by atoms with Crippen LogP contribution in [0.5, 0.6) is 0 Å². The van der Waals surface area contributed by atoms with E-state index >= 15 is 0 Å². The van der Waals surface area contributed by atoms with Crippen molar-refractivity contribution in [3.8, 4) is 0 Å². The van der Waals surface area contributed by atoms with E-state index in [2.05, 4.69) is 23.6 Å². The molecular formula is C15H23ClN4O. The SMILES string of the molecule is CC(C)CN1CCN(c2c(Cl)cc(N)cc2C(N)=O)CC1. The summed E-state index contributed by atoms with van der Waals surface area (Å²) >= 11 is 6.29. The van der Waals surface area contributed by atoms with Crippen LogP contribution in [0.3, 0.4) is 0 Å². The van der Waals surface area contributed by atoms with Crippen molar-refractivity contribution >= 4 is 28.9 Å². The predicted molar refractivity (Wildman–Crippen MR) is 87.9 cm³/mol. The summed E-state index contributed by atoms with van der Waals surface area (Å²) in [6.07, 6.45) is 0. The van der Waals surface area contributed by atoms with Gasteiger partial charge in [-0.15, -0.1) is 0 Å². The number of anilines is 2. The van der Waals surface area contributed by atoms with Gasteiger partial charge in [0.05, 0.1) is 16.3 Å². The topological polar surface area (TPSA) is 75.6 Å². The van der Waals surface area contributed by atoms with Gasteiger partial charge in [-0.05, 0) is 18.1 Å². The summed E-state index contributed by atoms with van der Waals surface area (Å²) in [7, 11) is 0. The molecule has 1 fully saturated rings. The van der Waals surface area contributed by atoms with E-state index in [-0.39, 0.29) is 0 Å². The second kappa shape index (κ2) is 6.54. The monoisotopic (exact) mass is 310 g/mol. The fourth-order valence-electron chi connectivity index (χ4n) is 2.80. The van der Waals surface area contributed by atoms with Crippen molar-refractivity contribution in [2.45, 2.75) is 13.8 Å². The molecule has 1 aromatic rings. The van der Waals surface area contributed by atoms with Gasteiger partial charge in [0.25, 0.3) is 5.91 Å². The lowest BCUT2D eigenvalue weighted by Crippen LogP contribution is -2.48. The molecule has 1 aliphatic rings. The third-order valence-electron chi connectivity index (χ3n) is 3.66. The summed E-state index contributed by atoms with van der Waals surface area (Å²) in [5, 5.41) is 0.487. The van der Waals surface area contributed by atoms with Crippen LogP contribution in [0.15, 0.2) is 12.1 Å². The third-order valence-corrected chi connectivity index (χ3v) is 3.95. The quantitative estimate of drug-likeness (QED) is 0.832. The van der Waals surface area contributed by atoms with Crippen LogP contribution in [0, 0.1) is 5.92 Å². The summed E-state index contributed by atoms with van der Waals surface area (Å²) in [5.41, 5.74) is 12.8. The van der Waals surface area contributed by atoms with Crippen LogP contribution in [0.2, 0.25) is 5.02 Å². The second-order valence-corrected chi connectivity index (χ2v) is 6.35. The first-order valence-electron chi connectivity index (χ1n) is 7.24. The van der Waals surface area contributed by atoms with Crippen LogP contribution in [-0.2, 0) is 0 Å². The molecule has 0 spiro atoms. The third kappa shape index (κ3) is 3.80. The molecule has 1 saturated heterocycles. The Morgan fingerprint density at radius 2 is 1.90 bits per heavy atom. The molecule has 0 unspecified atom stereocenters. The maximum Gasteiger partial charge on any atom is 0.250 e. The Bertz CT molecular complexity index is 525. The number of nitrogens with zero attached hydrogens (tertiary/aromatic N) is 2. The van der Waals surface area contributed by atoms with Crippen LogP contribution < -0.4 is 16.4 Å². The largest absolute Gasteiger partial charge is 0.399 e. The fraction of sp³-hybridized carbons (Fsp3) is 0.533. The van der Waals surface area contributed by atoms with Gasteiger partial charge in [0.1, 0.15) is 0 Å². The van der Waals surface area contributed by atoms with Gasteiger partial charge in [-0.3, -0.25) is 9.69 Å². The van der Waals surface area contributed by atoms with E-state index in [4.69, 9.17) is 23.1 Å². The zero-order chi connectivity index (χ0) is 15.6. The average molecular weight is 311 g/mol. The van der Waals surface area contributed by atoms with E-state index in [1.807, 2.05) is 0 Å². The van der Waals surface area contributed by atoms with Crippen molar-refractivity contribution < 1.29 is 4.79 Å². The number of piperazine rings is 1. The van der Waals surface area contributed by atoms with Gasteiger partial charge in [-0.1, -0.05) is 25.4 Å². The maximum absolute atomic E-state index is 11.6. The van der Waals surface area contributed by atoms with Crippen LogP contribution in [0.4, 0.5) is 11.4 Å². The van der Waals surface area contributed by atoms with Gasteiger partial charge in [0.2, 0.25) is 0 Å². The Morgan fingerprint density at radius 1 is 1.29 bits per heavy atom. The molecule has 1 heterocycles. The van der Waals surface area contributed by atoms with E-state index in [1.54, 1.807) is 12.1 Å². The Kier molecular flexibility index (Phi) is 4.96. The lowest BCUT2D eigenvalue weighted by molar-refractivity contribution is 0.100. The number of carbonyl (C=O) groups excluding carboxylic acids is 1. The first-order valence-corrected chi connectivity index (χ1v) is 7.62. The number of hydrogen-bond acceptors (Lipinski definition) is 4. The molecule has 0 saturated carbocycles. The molecule has 1 aromatic carbocycles. The first kappa shape index (κ1) is 15.9.